The number of nitrogens with zero attached hydrogens (tertiary/aromatic N) is 3. The SMILES string of the molecule is O=C(C1CCN(c2nc3ccccc3o2)CC1)N1Cc2ccccc2C(c2ccccc2)C1. The average Bonchev–Trinajstić information content (AvgIpc) is 3.33. The molecule has 0 spiro atoms. The van der Waals surface area contributed by atoms with E-state index >= 15 is 0 Å². The van der Waals surface area contributed by atoms with Gasteiger partial charge in [0.1, 0.15) is 5.52 Å². The molecule has 0 radical (unpaired) electrons. The number of piperidine rings is 1. The molecule has 5 heteroatoms. The van der Waals surface area contributed by atoms with Crippen LogP contribution < -0.4 is 4.90 Å². The summed E-state index contributed by atoms with van der Waals surface area (Å²) in [5, 5.41) is 0. The van der Waals surface area contributed by atoms with Crippen LogP contribution in [0.25, 0.3) is 11.1 Å². The molecule has 1 amide bonds. The summed E-state index contributed by atoms with van der Waals surface area (Å²) in [5.74, 6) is 0.551. The second kappa shape index (κ2) is 8.39. The van der Waals surface area contributed by atoms with Crippen molar-refractivity contribution >= 4 is 23.0 Å². The molecule has 6 rings (SSSR count). The highest BCUT2D eigenvalue weighted by Gasteiger charge is 2.34. The molecule has 3 heterocycles. The third-order valence-electron chi connectivity index (χ3n) is 7.11. The fraction of sp³-hybridized carbons (Fsp3) is 0.286. The van der Waals surface area contributed by atoms with Gasteiger partial charge in [-0.25, -0.2) is 0 Å². The molecule has 166 valence electrons. The molecule has 1 saturated heterocycles. The third-order valence-corrected chi connectivity index (χ3v) is 7.11. The van der Waals surface area contributed by atoms with Gasteiger partial charge in [-0.1, -0.05) is 66.7 Å². The molecular formula is C28H27N3O2. The molecule has 33 heavy (non-hydrogen) atoms. The van der Waals surface area contributed by atoms with Crippen LogP contribution in [0.3, 0.4) is 0 Å². The average molecular weight is 438 g/mol. The second-order valence-electron chi connectivity index (χ2n) is 9.11. The number of hydrogen-bond donors (Lipinski definition) is 0. The maximum atomic E-state index is 13.6. The van der Waals surface area contributed by atoms with Crippen molar-refractivity contribution in [3.8, 4) is 0 Å². The molecule has 1 atom stereocenters. The quantitative estimate of drug-likeness (QED) is 0.441. The number of rotatable bonds is 3. The predicted molar refractivity (Wildman–Crippen MR) is 129 cm³/mol. The molecule has 5 nitrogen and oxygen atoms in total. The zero-order chi connectivity index (χ0) is 22.2. The maximum absolute atomic E-state index is 13.6. The Hall–Kier alpha value is -3.60. The maximum Gasteiger partial charge on any atom is 0.298 e. The first kappa shape index (κ1) is 20.0. The Morgan fingerprint density at radius 2 is 1.61 bits per heavy atom. The number of para-hydroxylation sites is 2. The van der Waals surface area contributed by atoms with Crippen LogP contribution in [0.4, 0.5) is 6.01 Å². The van der Waals surface area contributed by atoms with Crippen molar-refractivity contribution in [1.29, 1.82) is 0 Å². The summed E-state index contributed by atoms with van der Waals surface area (Å²) in [6, 6.07) is 27.6. The van der Waals surface area contributed by atoms with Gasteiger partial charge in [-0.05, 0) is 41.7 Å². The Labute approximate surface area is 193 Å². The predicted octanol–water partition coefficient (Wildman–Crippen LogP) is 5.22. The van der Waals surface area contributed by atoms with Crippen LogP contribution in [0.5, 0.6) is 0 Å². The molecule has 2 aliphatic heterocycles. The van der Waals surface area contributed by atoms with Gasteiger partial charge in [0, 0.05) is 38.0 Å². The highest BCUT2D eigenvalue weighted by atomic mass is 16.4. The summed E-state index contributed by atoms with van der Waals surface area (Å²) in [6.07, 6.45) is 1.65. The Morgan fingerprint density at radius 3 is 2.42 bits per heavy atom. The number of amides is 1. The van der Waals surface area contributed by atoms with Gasteiger partial charge < -0.3 is 14.2 Å². The molecule has 1 aromatic heterocycles. The van der Waals surface area contributed by atoms with E-state index in [9.17, 15) is 4.79 Å². The van der Waals surface area contributed by atoms with Crippen molar-refractivity contribution in [3.63, 3.8) is 0 Å². The lowest BCUT2D eigenvalue weighted by atomic mass is 9.84. The summed E-state index contributed by atoms with van der Waals surface area (Å²) in [7, 11) is 0. The van der Waals surface area contributed by atoms with E-state index in [4.69, 9.17) is 4.42 Å². The Balaban J connectivity index is 1.17. The van der Waals surface area contributed by atoms with Gasteiger partial charge in [0.2, 0.25) is 5.91 Å². The zero-order valence-corrected chi connectivity index (χ0v) is 18.6. The summed E-state index contributed by atoms with van der Waals surface area (Å²) in [6.45, 7) is 3.01. The lowest BCUT2D eigenvalue weighted by Crippen LogP contribution is -2.45. The number of benzene rings is 3. The number of carbonyl (C=O) groups is 1. The van der Waals surface area contributed by atoms with Crippen molar-refractivity contribution in [3.05, 3.63) is 95.6 Å². The van der Waals surface area contributed by atoms with Crippen LogP contribution in [0.2, 0.25) is 0 Å². The molecule has 0 N–H and O–H groups in total. The van der Waals surface area contributed by atoms with E-state index in [1.807, 2.05) is 30.3 Å². The zero-order valence-electron chi connectivity index (χ0n) is 18.6. The molecule has 0 aliphatic carbocycles. The molecule has 3 aromatic carbocycles. The van der Waals surface area contributed by atoms with Gasteiger partial charge in [0.25, 0.3) is 6.01 Å². The fourth-order valence-electron chi connectivity index (χ4n) is 5.32. The van der Waals surface area contributed by atoms with Crippen LogP contribution in [-0.2, 0) is 11.3 Å². The van der Waals surface area contributed by atoms with Gasteiger partial charge in [-0.2, -0.15) is 4.98 Å². The highest BCUT2D eigenvalue weighted by Crippen LogP contribution is 2.35. The minimum Gasteiger partial charge on any atom is -0.423 e. The first-order chi connectivity index (χ1) is 16.3. The van der Waals surface area contributed by atoms with E-state index < -0.39 is 0 Å². The number of anilines is 1. The Kier molecular flexibility index (Phi) is 5.10. The second-order valence-corrected chi connectivity index (χ2v) is 9.11. The number of aromatic nitrogens is 1. The number of oxazole rings is 1. The van der Waals surface area contributed by atoms with E-state index in [-0.39, 0.29) is 17.7 Å². The minimum atomic E-state index is 0.0484. The van der Waals surface area contributed by atoms with Crippen molar-refractivity contribution in [2.75, 3.05) is 24.5 Å². The van der Waals surface area contributed by atoms with Gasteiger partial charge in [0.05, 0.1) is 0 Å². The van der Waals surface area contributed by atoms with Gasteiger partial charge >= 0.3 is 0 Å². The molecule has 0 saturated carbocycles. The van der Waals surface area contributed by atoms with Crippen LogP contribution in [0.1, 0.15) is 35.4 Å². The fourth-order valence-corrected chi connectivity index (χ4v) is 5.32. The summed E-state index contributed by atoms with van der Waals surface area (Å²) in [4.78, 5) is 22.5. The van der Waals surface area contributed by atoms with Gasteiger partial charge in [-0.15, -0.1) is 0 Å². The lowest BCUT2D eigenvalue weighted by molar-refractivity contribution is -0.137. The van der Waals surface area contributed by atoms with Crippen molar-refractivity contribution in [2.45, 2.75) is 25.3 Å². The largest absolute Gasteiger partial charge is 0.423 e. The standard InChI is InChI=1S/C28H27N3O2/c32-27(21-14-16-30(17-15-21)28-29-25-12-6-7-13-26(25)33-28)31-18-22-10-4-5-11-23(22)24(19-31)20-8-2-1-3-9-20/h1-13,21,24H,14-19H2. The summed E-state index contributed by atoms with van der Waals surface area (Å²) < 4.78 is 5.94. The van der Waals surface area contributed by atoms with Crippen molar-refractivity contribution in [1.82, 2.24) is 9.88 Å². The van der Waals surface area contributed by atoms with Gasteiger partial charge in [-0.3, -0.25) is 4.79 Å². The monoisotopic (exact) mass is 437 g/mol. The molecule has 0 bridgehead atoms. The van der Waals surface area contributed by atoms with E-state index in [0.717, 1.165) is 43.6 Å². The Bertz CT molecular complexity index is 1240. The molecule has 2 aliphatic rings. The van der Waals surface area contributed by atoms with Crippen LogP contribution >= 0.6 is 0 Å². The van der Waals surface area contributed by atoms with Crippen LogP contribution in [0.15, 0.2) is 83.3 Å². The number of hydrogen-bond acceptors (Lipinski definition) is 4. The third kappa shape index (κ3) is 3.78. The number of carbonyl (C=O) groups excluding carboxylic acids is 1. The normalized spacial score (nSPS) is 19.0. The first-order valence-electron chi connectivity index (χ1n) is 11.8. The van der Waals surface area contributed by atoms with Crippen molar-refractivity contribution in [2.24, 2.45) is 5.92 Å². The number of fused-ring (bicyclic) bond motifs is 2. The summed E-state index contributed by atoms with van der Waals surface area (Å²) >= 11 is 0. The van der Waals surface area contributed by atoms with Crippen LogP contribution in [0, 0.1) is 5.92 Å². The topological polar surface area (TPSA) is 49.6 Å². The lowest BCUT2D eigenvalue weighted by Gasteiger charge is -2.38. The van der Waals surface area contributed by atoms with E-state index in [1.54, 1.807) is 0 Å². The van der Waals surface area contributed by atoms with Gasteiger partial charge in [0.15, 0.2) is 5.58 Å². The Morgan fingerprint density at radius 1 is 0.879 bits per heavy atom. The molecule has 1 fully saturated rings. The summed E-state index contributed by atoms with van der Waals surface area (Å²) in [5.41, 5.74) is 5.57. The molecular weight excluding hydrogens is 410 g/mol. The molecule has 4 aromatic rings. The minimum absolute atomic E-state index is 0.0484. The van der Waals surface area contributed by atoms with E-state index in [1.165, 1.54) is 16.7 Å². The highest BCUT2D eigenvalue weighted by molar-refractivity contribution is 5.80. The smallest absolute Gasteiger partial charge is 0.298 e. The van der Waals surface area contributed by atoms with E-state index in [2.05, 4.69) is 63.3 Å². The van der Waals surface area contributed by atoms with E-state index in [0.29, 0.717) is 12.6 Å². The first-order valence-corrected chi connectivity index (χ1v) is 11.8. The van der Waals surface area contributed by atoms with Crippen LogP contribution in [-0.4, -0.2) is 35.4 Å². The molecule has 1 unspecified atom stereocenters. The van der Waals surface area contributed by atoms with Crippen molar-refractivity contribution < 1.29 is 9.21 Å².